The van der Waals surface area contributed by atoms with Gasteiger partial charge in [0.15, 0.2) is 9.84 Å². The first kappa shape index (κ1) is 16.1. The molecule has 0 bridgehead atoms. The summed E-state index contributed by atoms with van der Waals surface area (Å²) in [4.78, 5) is 0. The van der Waals surface area contributed by atoms with E-state index in [0.717, 1.165) is 38.7 Å². The highest BCUT2D eigenvalue weighted by Gasteiger charge is 2.44. The maximum absolute atomic E-state index is 11.8. The molecule has 3 fully saturated rings. The molecule has 4 nitrogen and oxygen atoms in total. The Morgan fingerprint density at radius 2 is 2.00 bits per heavy atom. The maximum atomic E-state index is 11.8. The molecule has 3 aliphatic rings. The minimum atomic E-state index is -2.80. The van der Waals surface area contributed by atoms with Gasteiger partial charge in [0.1, 0.15) is 0 Å². The molecule has 21 heavy (non-hydrogen) atoms. The van der Waals surface area contributed by atoms with Crippen molar-refractivity contribution in [2.75, 3.05) is 36.7 Å². The van der Waals surface area contributed by atoms with Crippen LogP contribution in [0.25, 0.3) is 0 Å². The topological polar surface area (TPSA) is 55.4 Å². The molecular weight excluding hydrogens is 306 g/mol. The Morgan fingerprint density at radius 1 is 1.24 bits per heavy atom. The van der Waals surface area contributed by atoms with Crippen molar-refractivity contribution in [2.24, 2.45) is 11.8 Å². The van der Waals surface area contributed by atoms with E-state index >= 15 is 0 Å². The summed E-state index contributed by atoms with van der Waals surface area (Å²) in [6, 6.07) is 0.331. The zero-order chi connectivity index (χ0) is 14.9. The Labute approximate surface area is 132 Å². The quantitative estimate of drug-likeness (QED) is 0.852. The third kappa shape index (κ3) is 3.59. The predicted octanol–water partition coefficient (Wildman–Crippen LogP) is 1.70. The monoisotopic (exact) mass is 333 g/mol. The Bertz CT molecular complexity index is 454. The van der Waals surface area contributed by atoms with Gasteiger partial charge in [-0.3, -0.25) is 0 Å². The summed E-state index contributed by atoms with van der Waals surface area (Å²) in [6.45, 7) is 0.840. The summed E-state index contributed by atoms with van der Waals surface area (Å²) in [7, 11) is -0.803. The first-order valence-corrected chi connectivity index (χ1v) is 11.1. The van der Waals surface area contributed by atoms with Gasteiger partial charge >= 0.3 is 0 Å². The fraction of sp³-hybridized carbons (Fsp3) is 1.00. The fourth-order valence-electron chi connectivity index (χ4n) is 4.43. The van der Waals surface area contributed by atoms with Gasteiger partial charge in [0.25, 0.3) is 0 Å². The van der Waals surface area contributed by atoms with Crippen molar-refractivity contribution in [2.45, 2.75) is 43.7 Å². The Morgan fingerprint density at radius 3 is 2.62 bits per heavy atom. The summed E-state index contributed by atoms with van der Waals surface area (Å²) in [5, 5.41) is 3.45. The number of thioether (sulfide) groups is 1. The van der Waals surface area contributed by atoms with Gasteiger partial charge in [-0.05, 0) is 62.5 Å². The number of hydrogen-bond acceptors (Lipinski definition) is 5. The smallest absolute Gasteiger partial charge is 0.150 e. The van der Waals surface area contributed by atoms with Crippen LogP contribution in [0.1, 0.15) is 32.1 Å². The molecule has 3 unspecified atom stereocenters. The summed E-state index contributed by atoms with van der Waals surface area (Å²) >= 11 is 2.03. The van der Waals surface area contributed by atoms with Crippen molar-refractivity contribution in [1.82, 2.24) is 5.32 Å². The lowest BCUT2D eigenvalue weighted by Gasteiger charge is -2.46. The molecule has 1 N–H and O–H groups in total. The second kappa shape index (κ2) is 6.38. The van der Waals surface area contributed by atoms with Crippen LogP contribution in [0.2, 0.25) is 0 Å². The molecule has 0 aromatic heterocycles. The van der Waals surface area contributed by atoms with Crippen LogP contribution < -0.4 is 5.32 Å². The third-order valence-electron chi connectivity index (χ3n) is 5.55. The van der Waals surface area contributed by atoms with Gasteiger partial charge in [-0.2, -0.15) is 11.8 Å². The van der Waals surface area contributed by atoms with E-state index < -0.39 is 9.84 Å². The summed E-state index contributed by atoms with van der Waals surface area (Å²) < 4.78 is 29.7. The molecule has 0 amide bonds. The first-order valence-electron chi connectivity index (χ1n) is 8.13. The lowest BCUT2D eigenvalue weighted by atomic mass is 9.75. The Hall–Kier alpha value is 0.220. The summed E-state index contributed by atoms with van der Waals surface area (Å²) in [6.07, 6.45) is 5.32. The van der Waals surface area contributed by atoms with E-state index in [2.05, 4.69) is 5.32 Å². The van der Waals surface area contributed by atoms with Crippen LogP contribution >= 0.6 is 11.8 Å². The highest BCUT2D eigenvalue weighted by molar-refractivity contribution is 7.99. The molecule has 0 aliphatic carbocycles. The highest BCUT2D eigenvalue weighted by Crippen LogP contribution is 2.42. The molecule has 3 heterocycles. The van der Waals surface area contributed by atoms with E-state index in [4.69, 9.17) is 4.74 Å². The summed E-state index contributed by atoms with van der Waals surface area (Å²) in [5.74, 6) is 4.01. The van der Waals surface area contributed by atoms with Crippen LogP contribution in [-0.4, -0.2) is 56.7 Å². The number of sulfone groups is 1. The van der Waals surface area contributed by atoms with Crippen molar-refractivity contribution in [3.8, 4) is 0 Å². The largest absolute Gasteiger partial charge is 0.375 e. The van der Waals surface area contributed by atoms with Crippen LogP contribution in [0.3, 0.4) is 0 Å². The van der Waals surface area contributed by atoms with Crippen molar-refractivity contribution >= 4 is 21.6 Å². The average molecular weight is 334 g/mol. The van der Waals surface area contributed by atoms with Crippen LogP contribution in [0.5, 0.6) is 0 Å². The minimum absolute atomic E-state index is 0.0841. The standard InChI is InChI=1S/C15H27NO3S2/c1-16-14(13-3-9-21(17,18)11-13)12-2-6-19-15(10-12)4-7-20-8-5-15/h12-14,16H,2-11H2,1H3. The summed E-state index contributed by atoms with van der Waals surface area (Å²) in [5.41, 5.74) is 0.0841. The molecule has 0 aromatic rings. The van der Waals surface area contributed by atoms with Crippen LogP contribution in [0.4, 0.5) is 0 Å². The molecular formula is C15H27NO3S2. The highest BCUT2D eigenvalue weighted by atomic mass is 32.2. The van der Waals surface area contributed by atoms with Gasteiger partial charge < -0.3 is 10.1 Å². The van der Waals surface area contributed by atoms with E-state index in [9.17, 15) is 8.42 Å². The zero-order valence-corrected chi connectivity index (χ0v) is 14.5. The Kier molecular flexibility index (Phi) is 4.89. The SMILES string of the molecule is CNC(C1CCOC2(CCSCC2)C1)C1CCS(=O)(=O)C1. The van der Waals surface area contributed by atoms with Gasteiger partial charge in [0.2, 0.25) is 0 Å². The van der Waals surface area contributed by atoms with Gasteiger partial charge in [0.05, 0.1) is 17.1 Å². The van der Waals surface area contributed by atoms with E-state index in [-0.39, 0.29) is 11.5 Å². The van der Waals surface area contributed by atoms with Crippen LogP contribution in [0.15, 0.2) is 0 Å². The maximum Gasteiger partial charge on any atom is 0.150 e. The van der Waals surface area contributed by atoms with Gasteiger partial charge in [0, 0.05) is 12.6 Å². The van der Waals surface area contributed by atoms with E-state index in [1.54, 1.807) is 0 Å². The number of rotatable bonds is 3. The van der Waals surface area contributed by atoms with E-state index in [1.807, 2.05) is 18.8 Å². The lowest BCUT2D eigenvalue weighted by molar-refractivity contribution is -0.109. The van der Waals surface area contributed by atoms with E-state index in [1.165, 1.54) is 11.5 Å². The first-order chi connectivity index (χ1) is 10.0. The number of hydrogen-bond donors (Lipinski definition) is 1. The third-order valence-corrected chi connectivity index (χ3v) is 8.33. The molecule has 6 heteroatoms. The van der Waals surface area contributed by atoms with Crippen molar-refractivity contribution in [3.05, 3.63) is 0 Å². The fourth-order valence-corrected chi connectivity index (χ4v) is 7.52. The lowest BCUT2D eigenvalue weighted by Crippen LogP contribution is -2.50. The molecule has 0 aromatic carbocycles. The van der Waals surface area contributed by atoms with Gasteiger partial charge in [-0.15, -0.1) is 0 Å². The number of ether oxygens (including phenoxy) is 1. The average Bonchev–Trinajstić information content (AvgIpc) is 2.81. The van der Waals surface area contributed by atoms with Crippen molar-refractivity contribution < 1.29 is 13.2 Å². The van der Waals surface area contributed by atoms with E-state index in [0.29, 0.717) is 23.5 Å². The second-order valence-electron chi connectivity index (χ2n) is 6.87. The predicted molar refractivity (Wildman–Crippen MR) is 87.6 cm³/mol. The normalized spacial score (nSPS) is 36.6. The second-order valence-corrected chi connectivity index (χ2v) is 10.3. The molecule has 3 aliphatic heterocycles. The number of nitrogens with one attached hydrogen (secondary N) is 1. The van der Waals surface area contributed by atoms with Crippen LogP contribution in [-0.2, 0) is 14.6 Å². The molecule has 3 rings (SSSR count). The zero-order valence-electron chi connectivity index (χ0n) is 12.8. The van der Waals surface area contributed by atoms with Gasteiger partial charge in [-0.1, -0.05) is 0 Å². The molecule has 0 radical (unpaired) electrons. The molecule has 3 atom stereocenters. The molecule has 3 saturated heterocycles. The molecule has 1 spiro atoms. The minimum Gasteiger partial charge on any atom is -0.375 e. The van der Waals surface area contributed by atoms with Gasteiger partial charge in [-0.25, -0.2) is 8.42 Å². The van der Waals surface area contributed by atoms with Crippen LogP contribution in [0, 0.1) is 11.8 Å². The molecule has 122 valence electrons. The van der Waals surface area contributed by atoms with Crippen molar-refractivity contribution in [1.29, 1.82) is 0 Å². The molecule has 0 saturated carbocycles. The Balaban J connectivity index is 1.69. The van der Waals surface area contributed by atoms with Crippen molar-refractivity contribution in [3.63, 3.8) is 0 Å².